The van der Waals surface area contributed by atoms with Crippen LogP contribution in [0.3, 0.4) is 0 Å². The summed E-state index contributed by atoms with van der Waals surface area (Å²) in [6.07, 6.45) is 4.44. The summed E-state index contributed by atoms with van der Waals surface area (Å²) in [5, 5.41) is 10.3. The van der Waals surface area contributed by atoms with Gasteiger partial charge in [0.05, 0.1) is 28.5 Å². The number of hydrogen-bond donors (Lipinski definition) is 2. The molecule has 0 spiro atoms. The smallest absolute Gasteiger partial charge is 0.227 e. The van der Waals surface area contributed by atoms with Crippen molar-refractivity contribution in [3.63, 3.8) is 0 Å². The molecule has 0 amide bonds. The highest BCUT2D eigenvalue weighted by Crippen LogP contribution is 2.24. The highest BCUT2D eigenvalue weighted by molar-refractivity contribution is 7.91. The first-order valence-corrected chi connectivity index (χ1v) is 12.5. The maximum Gasteiger partial charge on any atom is 0.227 e. The fourth-order valence-electron chi connectivity index (χ4n) is 3.40. The fraction of sp³-hybridized carbons (Fsp3) is 0.348. The Hall–Kier alpha value is -3.40. The highest BCUT2D eigenvalue weighted by Gasteiger charge is 2.21. The van der Waals surface area contributed by atoms with Crippen molar-refractivity contribution < 1.29 is 13.2 Å². The topological polar surface area (TPSA) is 131 Å². The predicted molar refractivity (Wildman–Crippen MR) is 129 cm³/mol. The lowest BCUT2D eigenvalue weighted by Crippen LogP contribution is -2.24. The molecule has 9 nitrogen and oxygen atoms in total. The molecule has 0 aliphatic carbocycles. The lowest BCUT2D eigenvalue weighted by Gasteiger charge is -2.14. The Morgan fingerprint density at radius 3 is 2.39 bits per heavy atom. The van der Waals surface area contributed by atoms with Crippen molar-refractivity contribution in [3.05, 3.63) is 54.1 Å². The average Bonchev–Trinajstić information content (AvgIpc) is 3.15. The molecule has 3 aromatic rings. The monoisotopic (exact) mass is 468 g/mol. The van der Waals surface area contributed by atoms with Gasteiger partial charge in [-0.25, -0.2) is 23.4 Å². The Morgan fingerprint density at radius 2 is 1.79 bits per heavy atom. The van der Waals surface area contributed by atoms with Gasteiger partial charge in [0.25, 0.3) is 0 Å². The van der Waals surface area contributed by atoms with Gasteiger partial charge in [-0.05, 0) is 58.0 Å². The number of benzene rings is 1. The number of aryl methyl sites for hydroxylation is 1. The zero-order valence-electron chi connectivity index (χ0n) is 19.3. The molecule has 174 valence electrons. The minimum atomic E-state index is -3.31. The number of hydrogen-bond acceptors (Lipinski definition) is 8. The van der Waals surface area contributed by atoms with Crippen LogP contribution in [0.5, 0.6) is 0 Å². The maximum atomic E-state index is 12.5. The van der Waals surface area contributed by atoms with Crippen LogP contribution in [0, 0.1) is 12.3 Å². The van der Waals surface area contributed by atoms with E-state index in [1.807, 2.05) is 13.0 Å². The first-order valence-electron chi connectivity index (χ1n) is 10.5. The molecule has 10 heteroatoms. The second kappa shape index (κ2) is 9.62. The van der Waals surface area contributed by atoms with Crippen LogP contribution in [-0.4, -0.2) is 50.9 Å². The van der Waals surface area contributed by atoms with Gasteiger partial charge in [0.2, 0.25) is 11.7 Å². The first kappa shape index (κ1) is 24.2. The number of aromatic nitrogens is 4. The van der Waals surface area contributed by atoms with Crippen molar-refractivity contribution in [2.45, 2.75) is 45.4 Å². The lowest BCUT2D eigenvalue weighted by molar-refractivity contribution is 0.106. The van der Waals surface area contributed by atoms with Gasteiger partial charge < -0.3 is 15.3 Å². The molecule has 2 heterocycles. The molecule has 0 saturated carbocycles. The van der Waals surface area contributed by atoms with Gasteiger partial charge >= 0.3 is 0 Å². The van der Waals surface area contributed by atoms with Crippen molar-refractivity contribution in [2.75, 3.05) is 11.6 Å². The predicted octanol–water partition coefficient (Wildman–Crippen LogP) is 4.00. The van der Waals surface area contributed by atoms with E-state index in [1.54, 1.807) is 36.7 Å². The molecule has 2 N–H and O–H groups in total. The van der Waals surface area contributed by atoms with Crippen LogP contribution < -0.4 is 5.32 Å². The normalized spacial score (nSPS) is 12.5. The first-order chi connectivity index (χ1) is 15.5. The Morgan fingerprint density at radius 1 is 1.12 bits per heavy atom. The number of rotatable bonds is 9. The zero-order valence-corrected chi connectivity index (χ0v) is 20.1. The molecule has 1 unspecified atom stereocenters. The van der Waals surface area contributed by atoms with E-state index in [4.69, 9.17) is 5.41 Å². The molecule has 33 heavy (non-hydrogen) atoms. The SMILES string of the molecule is Cc1ncc(-c2ccnc(Nc3ccc(C(=O)C(=N)CC(C)S(C)(=O)=O)cc3)n2)n1C(C)C. The van der Waals surface area contributed by atoms with Gasteiger partial charge in [-0.2, -0.15) is 0 Å². The summed E-state index contributed by atoms with van der Waals surface area (Å²) >= 11 is 0. The van der Waals surface area contributed by atoms with Crippen LogP contribution in [0.15, 0.2) is 42.7 Å². The molecule has 0 aliphatic heterocycles. The Kier molecular flexibility index (Phi) is 7.06. The summed E-state index contributed by atoms with van der Waals surface area (Å²) in [5.74, 6) is 0.813. The molecular weight excluding hydrogens is 440 g/mol. The largest absolute Gasteiger partial charge is 0.324 e. The molecule has 0 aliphatic rings. The number of carbonyl (C=O) groups excluding carboxylic acids is 1. The molecule has 1 atom stereocenters. The van der Waals surface area contributed by atoms with Crippen LogP contribution in [0.2, 0.25) is 0 Å². The molecule has 2 aromatic heterocycles. The fourth-order valence-corrected chi connectivity index (χ4v) is 3.87. The molecule has 0 fully saturated rings. The van der Waals surface area contributed by atoms with Gasteiger partial charge in [0, 0.05) is 36.2 Å². The van der Waals surface area contributed by atoms with E-state index in [2.05, 4.69) is 38.7 Å². The number of nitrogens with zero attached hydrogens (tertiary/aromatic N) is 4. The van der Waals surface area contributed by atoms with E-state index >= 15 is 0 Å². The Labute approximate surface area is 193 Å². The minimum absolute atomic E-state index is 0.120. The number of ketones is 1. The maximum absolute atomic E-state index is 12.5. The number of anilines is 2. The number of sulfone groups is 1. The van der Waals surface area contributed by atoms with Crippen molar-refractivity contribution >= 4 is 33.0 Å². The standard InChI is InChI=1S/C23H28N6O3S/c1-14(2)29-16(4)26-13-21(29)20-10-11-25-23(28-20)27-18-8-6-17(7-9-18)22(30)19(24)12-15(3)33(5,31)32/h6-11,13-15,24H,12H2,1-5H3,(H,25,27,28). The molecule has 0 radical (unpaired) electrons. The van der Waals surface area contributed by atoms with Crippen molar-refractivity contribution in [1.82, 2.24) is 19.5 Å². The molecule has 1 aromatic carbocycles. The number of imidazole rings is 1. The Balaban J connectivity index is 1.74. The summed E-state index contributed by atoms with van der Waals surface area (Å²) in [6, 6.07) is 8.62. The third-order valence-corrected chi connectivity index (χ3v) is 6.94. The van der Waals surface area contributed by atoms with E-state index in [0.29, 0.717) is 17.2 Å². The van der Waals surface area contributed by atoms with Crippen LogP contribution >= 0.6 is 0 Å². The third-order valence-electron chi connectivity index (χ3n) is 5.32. The second-order valence-corrected chi connectivity index (χ2v) is 10.7. The summed E-state index contributed by atoms with van der Waals surface area (Å²) in [6.45, 7) is 7.62. The van der Waals surface area contributed by atoms with E-state index in [-0.39, 0.29) is 18.2 Å². The Bertz CT molecular complexity index is 1280. The summed E-state index contributed by atoms with van der Waals surface area (Å²) in [7, 11) is -3.31. The van der Waals surface area contributed by atoms with E-state index in [9.17, 15) is 13.2 Å². The summed E-state index contributed by atoms with van der Waals surface area (Å²) in [4.78, 5) is 25.8. The van der Waals surface area contributed by atoms with Gasteiger partial charge in [0.1, 0.15) is 15.7 Å². The molecule has 0 bridgehead atoms. The van der Waals surface area contributed by atoms with Gasteiger partial charge in [-0.1, -0.05) is 0 Å². The van der Waals surface area contributed by atoms with Crippen LogP contribution in [0.4, 0.5) is 11.6 Å². The highest BCUT2D eigenvalue weighted by atomic mass is 32.2. The minimum Gasteiger partial charge on any atom is -0.324 e. The number of nitrogens with one attached hydrogen (secondary N) is 2. The average molecular weight is 469 g/mol. The summed E-state index contributed by atoms with van der Waals surface area (Å²) in [5.41, 5.74) is 2.39. The zero-order chi connectivity index (χ0) is 24.3. The van der Waals surface area contributed by atoms with Gasteiger partial charge in [-0.3, -0.25) is 4.79 Å². The summed E-state index contributed by atoms with van der Waals surface area (Å²) < 4.78 is 25.3. The van der Waals surface area contributed by atoms with Crippen LogP contribution in [0.1, 0.15) is 49.4 Å². The lowest BCUT2D eigenvalue weighted by atomic mass is 10.0. The molecule has 3 rings (SSSR count). The number of carbonyl (C=O) groups is 1. The van der Waals surface area contributed by atoms with E-state index in [0.717, 1.165) is 23.5 Å². The molecular formula is C23H28N6O3S. The van der Waals surface area contributed by atoms with E-state index in [1.165, 1.54) is 6.92 Å². The van der Waals surface area contributed by atoms with E-state index < -0.39 is 20.9 Å². The van der Waals surface area contributed by atoms with Crippen LogP contribution in [-0.2, 0) is 9.84 Å². The van der Waals surface area contributed by atoms with Gasteiger partial charge in [-0.15, -0.1) is 0 Å². The van der Waals surface area contributed by atoms with Crippen molar-refractivity contribution in [1.29, 1.82) is 5.41 Å². The molecule has 0 saturated heterocycles. The van der Waals surface area contributed by atoms with Gasteiger partial charge in [0.15, 0.2) is 0 Å². The third kappa shape index (κ3) is 5.70. The van der Waals surface area contributed by atoms with Crippen LogP contribution in [0.25, 0.3) is 11.4 Å². The van der Waals surface area contributed by atoms with Crippen molar-refractivity contribution in [2.24, 2.45) is 0 Å². The quantitative estimate of drug-likeness (QED) is 0.358. The van der Waals surface area contributed by atoms with Crippen molar-refractivity contribution in [3.8, 4) is 11.4 Å². The second-order valence-electron chi connectivity index (χ2n) is 8.27. The number of Topliss-reactive ketones (excluding diaryl/α,β-unsaturated/α-hetero) is 1.